The Labute approximate surface area is 121 Å². The smallest absolute Gasteiger partial charge is 0.146 e. The van der Waals surface area contributed by atoms with Crippen LogP contribution >= 0.6 is 0 Å². The summed E-state index contributed by atoms with van der Waals surface area (Å²) < 4.78 is 1.97. The van der Waals surface area contributed by atoms with Gasteiger partial charge in [-0.05, 0) is 37.8 Å². The highest BCUT2D eigenvalue weighted by atomic mass is 15.4. The monoisotopic (exact) mass is 272 g/mol. The van der Waals surface area contributed by atoms with E-state index in [1.165, 1.54) is 16.8 Å². The Bertz CT molecular complexity index is 535. The summed E-state index contributed by atoms with van der Waals surface area (Å²) in [6.45, 7) is 9.33. The number of aryl methyl sites for hydroxylation is 2. The quantitative estimate of drug-likeness (QED) is 0.873. The van der Waals surface area contributed by atoms with Crippen molar-refractivity contribution in [1.82, 2.24) is 14.8 Å². The molecule has 1 aromatic carbocycles. The molecule has 2 rings (SSSR count). The molecule has 0 spiro atoms. The summed E-state index contributed by atoms with van der Waals surface area (Å²) in [5.41, 5.74) is 3.98. The molecule has 0 aliphatic heterocycles. The van der Waals surface area contributed by atoms with Gasteiger partial charge in [0, 0.05) is 11.7 Å². The summed E-state index contributed by atoms with van der Waals surface area (Å²) >= 11 is 0. The Hall–Kier alpha value is -1.84. The molecule has 0 fully saturated rings. The molecule has 0 atom stereocenters. The van der Waals surface area contributed by atoms with Crippen molar-refractivity contribution in [2.45, 2.75) is 53.1 Å². The predicted molar refractivity (Wildman–Crippen MR) is 82.9 cm³/mol. The summed E-state index contributed by atoms with van der Waals surface area (Å²) in [6, 6.07) is 6.85. The number of rotatable bonds is 6. The standard InChI is InChI=1S/C16H24N4/c1-5-13-8-7-9-14(6-2)16(13)17-10-15-18-11-19-20(15)12(3)4/h7-9,11-12,17H,5-6,10H2,1-4H3. The second-order valence-electron chi connectivity index (χ2n) is 5.23. The molecular weight excluding hydrogens is 248 g/mol. The fourth-order valence-electron chi connectivity index (χ4n) is 2.47. The van der Waals surface area contributed by atoms with E-state index >= 15 is 0 Å². The maximum atomic E-state index is 4.35. The highest BCUT2D eigenvalue weighted by molar-refractivity contribution is 5.57. The number of anilines is 1. The third kappa shape index (κ3) is 3.00. The van der Waals surface area contributed by atoms with Gasteiger partial charge in [0.15, 0.2) is 0 Å². The van der Waals surface area contributed by atoms with Crippen LogP contribution < -0.4 is 5.32 Å². The lowest BCUT2D eigenvalue weighted by atomic mass is 10.0. The average molecular weight is 272 g/mol. The Morgan fingerprint density at radius 1 is 1.15 bits per heavy atom. The number of nitrogens with one attached hydrogen (secondary N) is 1. The fraction of sp³-hybridized carbons (Fsp3) is 0.500. The zero-order valence-electron chi connectivity index (χ0n) is 12.8. The number of hydrogen-bond donors (Lipinski definition) is 1. The first-order chi connectivity index (χ1) is 9.67. The molecule has 1 N–H and O–H groups in total. The van der Waals surface area contributed by atoms with Gasteiger partial charge in [0.2, 0.25) is 0 Å². The molecular formula is C16H24N4. The third-order valence-corrected chi connectivity index (χ3v) is 3.56. The molecule has 4 nitrogen and oxygen atoms in total. The third-order valence-electron chi connectivity index (χ3n) is 3.56. The van der Waals surface area contributed by atoms with E-state index in [1.54, 1.807) is 6.33 Å². The van der Waals surface area contributed by atoms with Crippen LogP contribution in [0.25, 0.3) is 0 Å². The molecule has 108 valence electrons. The van der Waals surface area contributed by atoms with Crippen molar-refractivity contribution in [3.8, 4) is 0 Å². The molecule has 0 bridgehead atoms. The molecule has 0 saturated heterocycles. The minimum atomic E-state index is 0.335. The predicted octanol–water partition coefficient (Wildman–Crippen LogP) is 3.60. The summed E-state index contributed by atoms with van der Waals surface area (Å²) in [4.78, 5) is 4.35. The number of aromatic nitrogens is 3. The first kappa shape index (κ1) is 14.6. The summed E-state index contributed by atoms with van der Waals surface area (Å²) in [6.07, 6.45) is 3.70. The van der Waals surface area contributed by atoms with Crippen LogP contribution in [-0.4, -0.2) is 14.8 Å². The van der Waals surface area contributed by atoms with Crippen LogP contribution in [0, 0.1) is 0 Å². The molecule has 1 aromatic heterocycles. The Balaban J connectivity index is 2.20. The van der Waals surface area contributed by atoms with Crippen LogP contribution in [-0.2, 0) is 19.4 Å². The van der Waals surface area contributed by atoms with Crippen LogP contribution in [0.2, 0.25) is 0 Å². The lowest BCUT2D eigenvalue weighted by Crippen LogP contribution is -2.13. The minimum Gasteiger partial charge on any atom is -0.377 e. The first-order valence-electron chi connectivity index (χ1n) is 7.40. The molecule has 1 heterocycles. The summed E-state index contributed by atoms with van der Waals surface area (Å²) in [7, 11) is 0. The zero-order valence-corrected chi connectivity index (χ0v) is 12.8. The van der Waals surface area contributed by atoms with Gasteiger partial charge in [0.25, 0.3) is 0 Å². The number of benzene rings is 1. The zero-order chi connectivity index (χ0) is 14.5. The van der Waals surface area contributed by atoms with Gasteiger partial charge in [-0.2, -0.15) is 5.10 Å². The van der Waals surface area contributed by atoms with E-state index in [-0.39, 0.29) is 0 Å². The van der Waals surface area contributed by atoms with Crippen LogP contribution in [0.1, 0.15) is 50.7 Å². The molecule has 4 heteroatoms. The maximum absolute atomic E-state index is 4.35. The van der Waals surface area contributed by atoms with Crippen molar-refractivity contribution in [1.29, 1.82) is 0 Å². The second kappa shape index (κ2) is 6.55. The minimum absolute atomic E-state index is 0.335. The maximum Gasteiger partial charge on any atom is 0.146 e. The summed E-state index contributed by atoms with van der Waals surface area (Å²) in [5, 5.41) is 7.84. The second-order valence-corrected chi connectivity index (χ2v) is 5.23. The van der Waals surface area contributed by atoms with Gasteiger partial charge in [0.05, 0.1) is 6.54 Å². The molecule has 0 aliphatic rings. The van der Waals surface area contributed by atoms with Gasteiger partial charge in [0.1, 0.15) is 12.2 Å². The van der Waals surface area contributed by atoms with Crippen molar-refractivity contribution >= 4 is 5.69 Å². The normalized spacial score (nSPS) is 11.1. The van der Waals surface area contributed by atoms with Crippen LogP contribution in [0.3, 0.4) is 0 Å². The first-order valence-corrected chi connectivity index (χ1v) is 7.40. The van der Waals surface area contributed by atoms with E-state index in [9.17, 15) is 0 Å². The average Bonchev–Trinajstić information content (AvgIpc) is 2.93. The van der Waals surface area contributed by atoms with E-state index < -0.39 is 0 Å². The van der Waals surface area contributed by atoms with Crippen LogP contribution in [0.5, 0.6) is 0 Å². The van der Waals surface area contributed by atoms with Gasteiger partial charge in [-0.15, -0.1) is 0 Å². The van der Waals surface area contributed by atoms with E-state index in [1.807, 2.05) is 4.68 Å². The van der Waals surface area contributed by atoms with E-state index in [2.05, 4.69) is 61.3 Å². The van der Waals surface area contributed by atoms with Crippen molar-refractivity contribution in [3.05, 3.63) is 41.5 Å². The lowest BCUT2D eigenvalue weighted by molar-refractivity contribution is 0.509. The molecule has 0 saturated carbocycles. The van der Waals surface area contributed by atoms with E-state index in [0.29, 0.717) is 12.6 Å². The Morgan fingerprint density at radius 2 is 1.80 bits per heavy atom. The Morgan fingerprint density at radius 3 is 2.35 bits per heavy atom. The van der Waals surface area contributed by atoms with Gasteiger partial charge in [-0.1, -0.05) is 32.0 Å². The van der Waals surface area contributed by atoms with Crippen LogP contribution in [0.15, 0.2) is 24.5 Å². The van der Waals surface area contributed by atoms with Crippen LogP contribution in [0.4, 0.5) is 5.69 Å². The molecule has 0 amide bonds. The largest absolute Gasteiger partial charge is 0.377 e. The van der Waals surface area contributed by atoms with Gasteiger partial charge >= 0.3 is 0 Å². The summed E-state index contributed by atoms with van der Waals surface area (Å²) in [5.74, 6) is 0.980. The highest BCUT2D eigenvalue weighted by Gasteiger charge is 2.10. The van der Waals surface area contributed by atoms with Crippen molar-refractivity contribution in [2.24, 2.45) is 0 Å². The molecule has 0 unspecified atom stereocenters. The number of para-hydroxylation sites is 1. The van der Waals surface area contributed by atoms with Crippen molar-refractivity contribution < 1.29 is 0 Å². The van der Waals surface area contributed by atoms with Gasteiger partial charge < -0.3 is 5.32 Å². The van der Waals surface area contributed by atoms with Gasteiger partial charge in [-0.3, -0.25) is 0 Å². The number of hydrogen-bond acceptors (Lipinski definition) is 3. The Kier molecular flexibility index (Phi) is 4.77. The van der Waals surface area contributed by atoms with Gasteiger partial charge in [-0.25, -0.2) is 9.67 Å². The lowest BCUT2D eigenvalue weighted by Gasteiger charge is -2.16. The number of nitrogens with zero attached hydrogens (tertiary/aromatic N) is 3. The molecule has 0 aliphatic carbocycles. The van der Waals surface area contributed by atoms with E-state index in [4.69, 9.17) is 0 Å². The fourth-order valence-corrected chi connectivity index (χ4v) is 2.47. The van der Waals surface area contributed by atoms with Crippen molar-refractivity contribution in [3.63, 3.8) is 0 Å². The SMILES string of the molecule is CCc1cccc(CC)c1NCc1ncnn1C(C)C. The van der Waals surface area contributed by atoms with Crippen molar-refractivity contribution in [2.75, 3.05) is 5.32 Å². The topological polar surface area (TPSA) is 42.7 Å². The van der Waals surface area contributed by atoms with E-state index in [0.717, 1.165) is 18.7 Å². The molecule has 20 heavy (non-hydrogen) atoms. The molecule has 0 radical (unpaired) electrons. The molecule has 2 aromatic rings. The highest BCUT2D eigenvalue weighted by Crippen LogP contribution is 2.23.